The summed E-state index contributed by atoms with van der Waals surface area (Å²) in [5, 5.41) is 29.4. The lowest BCUT2D eigenvalue weighted by atomic mass is 10.0. The van der Waals surface area contributed by atoms with Crippen molar-refractivity contribution in [3.8, 4) is 12.3 Å². The van der Waals surface area contributed by atoms with Crippen LogP contribution in [0.2, 0.25) is 0 Å². The van der Waals surface area contributed by atoms with Gasteiger partial charge in [-0.25, -0.2) is 9.36 Å². The number of aliphatic imine (C=N–C) groups is 1. The third-order valence-corrected chi connectivity index (χ3v) is 10.1. The Morgan fingerprint density at radius 3 is 1.95 bits per heavy atom. The summed E-state index contributed by atoms with van der Waals surface area (Å²) in [6, 6.07) is -1.06. The number of aromatic nitrogens is 9. The van der Waals surface area contributed by atoms with E-state index in [0.29, 0.717) is 141 Å². The van der Waals surface area contributed by atoms with Gasteiger partial charge in [0.2, 0.25) is 29.7 Å². The molecule has 0 unspecified atom stereocenters. The first kappa shape index (κ1) is 46.4. The number of carbonyl (C=O) groups excluding carboxylic acids is 2. The van der Waals surface area contributed by atoms with Crippen LogP contribution in [0.1, 0.15) is 50.7 Å². The topological polar surface area (TPSA) is 272 Å². The highest BCUT2D eigenvalue weighted by atomic mass is 16.5. The van der Waals surface area contributed by atoms with E-state index in [-0.39, 0.29) is 36.9 Å². The van der Waals surface area contributed by atoms with E-state index in [1.165, 1.54) is 0 Å². The van der Waals surface area contributed by atoms with E-state index in [9.17, 15) is 14.7 Å². The maximum Gasteiger partial charge on any atom is 0.247 e. The van der Waals surface area contributed by atoms with Crippen LogP contribution in [0.25, 0.3) is 0 Å². The van der Waals surface area contributed by atoms with Crippen LogP contribution >= 0.6 is 0 Å². The largest absolute Gasteiger partial charge is 0.396 e. The predicted octanol–water partition coefficient (Wildman–Crippen LogP) is -1.65. The second kappa shape index (κ2) is 23.9. The van der Waals surface area contributed by atoms with Crippen molar-refractivity contribution >= 4 is 35.6 Å². The van der Waals surface area contributed by atoms with E-state index < -0.39 is 12.1 Å². The number of anilines is 3. The number of aryl methyl sites for hydroxylation is 1. The van der Waals surface area contributed by atoms with E-state index in [1.54, 1.807) is 21.8 Å². The second-order valence-electron chi connectivity index (χ2n) is 14.9. The van der Waals surface area contributed by atoms with Crippen molar-refractivity contribution in [3.63, 3.8) is 0 Å². The highest BCUT2D eigenvalue weighted by Gasteiger charge is 2.33. The molecule has 3 aromatic rings. The van der Waals surface area contributed by atoms with Crippen molar-refractivity contribution in [2.75, 3.05) is 127 Å². The van der Waals surface area contributed by atoms with Gasteiger partial charge < -0.3 is 55.7 Å². The van der Waals surface area contributed by atoms with Gasteiger partial charge in [-0.1, -0.05) is 30.2 Å². The molecule has 2 amide bonds. The molecule has 2 atom stereocenters. The number of amides is 2. The minimum atomic E-state index is -0.534. The van der Waals surface area contributed by atoms with Gasteiger partial charge in [-0.15, -0.1) is 16.6 Å². The number of ether oxygens (including phenoxy) is 3. The fraction of sp³-hybridized carbons (Fsp3) is 0.684. The summed E-state index contributed by atoms with van der Waals surface area (Å²) in [6.45, 7) is 12.9. The minimum Gasteiger partial charge on any atom is -0.396 e. The molecule has 5 heterocycles. The Kier molecular flexibility index (Phi) is 18.2. The van der Waals surface area contributed by atoms with Crippen LogP contribution in [0.5, 0.6) is 0 Å². The summed E-state index contributed by atoms with van der Waals surface area (Å²) >= 11 is 0. The van der Waals surface area contributed by atoms with E-state index in [0.717, 1.165) is 5.69 Å². The van der Waals surface area contributed by atoms with Crippen LogP contribution in [0.15, 0.2) is 17.4 Å². The lowest BCUT2D eigenvalue weighted by molar-refractivity contribution is -0.137. The van der Waals surface area contributed by atoms with Crippen molar-refractivity contribution in [1.82, 2.24) is 54.7 Å². The first-order valence-corrected chi connectivity index (χ1v) is 20.8. The number of guanidine groups is 1. The minimum absolute atomic E-state index is 0.0302. The monoisotopic (exact) mass is 851 g/mol. The Hall–Kier alpha value is -5.70. The summed E-state index contributed by atoms with van der Waals surface area (Å²) in [4.78, 5) is 53.7. The van der Waals surface area contributed by atoms with E-state index in [1.807, 2.05) is 35.5 Å². The number of aliphatic hydroxyl groups excluding tert-OH is 1. The standard InChI is InChI=1S/C38H61N17O6/c1-5-20-59-22-24-61-25-23-60-21-10-42-36-43-37(52-15-11-50(12-16-52)33(57)29(4)54-26-30(46-48-54)7-6-9-41-35(39)40)45-38(44-36)53-17-13-51(14-18-53)34(58)32(28(2)3)55-27-31(8-19-56)47-49-55/h1,26-29,32,56H,6-25H2,2-4H3,(H4,39,40,41)(H,42,43,44,45)/t29-,32-/m0/s1. The quantitative estimate of drug-likeness (QED) is 0.0340. The maximum atomic E-state index is 13.8. The number of nitrogens with two attached hydrogens (primary N) is 2. The Bertz CT molecular complexity index is 1880. The number of aliphatic hydroxyl groups is 1. The number of nitrogens with zero attached hydrogens (tertiary/aromatic N) is 14. The molecule has 3 aromatic heterocycles. The number of hydrogen-bond acceptors (Lipinski definition) is 17. The molecule has 61 heavy (non-hydrogen) atoms. The van der Waals surface area contributed by atoms with Crippen LogP contribution in [0.4, 0.5) is 17.8 Å². The van der Waals surface area contributed by atoms with Gasteiger partial charge in [0.25, 0.3) is 0 Å². The molecule has 23 nitrogen and oxygen atoms in total. The van der Waals surface area contributed by atoms with Crippen LogP contribution in [-0.4, -0.2) is 189 Å². The molecule has 2 fully saturated rings. The smallest absolute Gasteiger partial charge is 0.247 e. The number of hydrogen-bond donors (Lipinski definition) is 4. The zero-order chi connectivity index (χ0) is 43.6. The molecule has 0 spiro atoms. The van der Waals surface area contributed by atoms with Crippen LogP contribution < -0.4 is 26.6 Å². The van der Waals surface area contributed by atoms with Crippen LogP contribution in [-0.2, 0) is 36.6 Å². The maximum absolute atomic E-state index is 13.8. The Balaban J connectivity index is 1.19. The third kappa shape index (κ3) is 13.9. The van der Waals surface area contributed by atoms with E-state index >= 15 is 0 Å². The van der Waals surface area contributed by atoms with E-state index in [4.69, 9.17) is 47.1 Å². The Labute approximate surface area is 356 Å². The third-order valence-electron chi connectivity index (χ3n) is 10.1. The molecule has 0 aliphatic carbocycles. The van der Waals surface area contributed by atoms with Gasteiger partial charge >= 0.3 is 0 Å². The second-order valence-corrected chi connectivity index (χ2v) is 14.9. The number of piperazine rings is 2. The summed E-state index contributed by atoms with van der Waals surface area (Å²) in [7, 11) is 0. The normalized spacial score (nSPS) is 15.5. The number of terminal acetylenes is 1. The van der Waals surface area contributed by atoms with Crippen molar-refractivity contribution in [3.05, 3.63) is 23.8 Å². The van der Waals surface area contributed by atoms with Crippen molar-refractivity contribution in [1.29, 1.82) is 0 Å². The molecule has 334 valence electrons. The zero-order valence-electron chi connectivity index (χ0n) is 35.5. The molecule has 2 saturated heterocycles. The van der Waals surface area contributed by atoms with Gasteiger partial charge in [-0.3, -0.25) is 14.6 Å². The first-order valence-electron chi connectivity index (χ1n) is 20.8. The summed E-state index contributed by atoms with van der Waals surface area (Å²) in [5.74, 6) is 3.70. The van der Waals surface area contributed by atoms with Gasteiger partial charge in [0.1, 0.15) is 18.7 Å². The molecule has 6 N–H and O–H groups in total. The molecule has 0 saturated carbocycles. The molecule has 23 heteroatoms. The van der Waals surface area contributed by atoms with Gasteiger partial charge in [0, 0.05) is 90.9 Å². The van der Waals surface area contributed by atoms with E-state index in [2.05, 4.69) is 41.8 Å². The molecule has 0 radical (unpaired) electrons. The predicted molar refractivity (Wildman–Crippen MR) is 226 cm³/mol. The summed E-state index contributed by atoms with van der Waals surface area (Å²) in [5.41, 5.74) is 12.2. The van der Waals surface area contributed by atoms with Crippen LogP contribution in [0.3, 0.4) is 0 Å². The highest BCUT2D eigenvalue weighted by Crippen LogP contribution is 2.24. The van der Waals surface area contributed by atoms with Crippen LogP contribution in [0, 0.1) is 18.3 Å². The molecule has 2 aliphatic heterocycles. The van der Waals surface area contributed by atoms with Gasteiger partial charge in [0.15, 0.2) is 5.96 Å². The first-order chi connectivity index (χ1) is 29.6. The summed E-state index contributed by atoms with van der Waals surface area (Å²) < 4.78 is 19.6. The molecular weight excluding hydrogens is 791 g/mol. The molecule has 5 rings (SSSR count). The number of rotatable bonds is 24. The lowest BCUT2D eigenvalue weighted by Crippen LogP contribution is -2.52. The zero-order valence-corrected chi connectivity index (χ0v) is 35.5. The van der Waals surface area contributed by atoms with Gasteiger partial charge in [-0.05, 0) is 25.7 Å². The van der Waals surface area contributed by atoms with Crippen molar-refractivity contribution in [2.24, 2.45) is 22.4 Å². The molecule has 0 aromatic carbocycles. The number of carbonyl (C=O) groups is 2. The fourth-order valence-electron chi connectivity index (χ4n) is 6.81. The van der Waals surface area contributed by atoms with Gasteiger partial charge in [-0.2, -0.15) is 15.0 Å². The summed E-state index contributed by atoms with van der Waals surface area (Å²) in [6.07, 6.45) is 10.4. The highest BCUT2D eigenvalue weighted by molar-refractivity contribution is 5.81. The fourth-order valence-corrected chi connectivity index (χ4v) is 6.81. The SMILES string of the molecule is C#CCOCCOCCOCCNc1nc(N2CCN(C(=O)[C@H](C(C)C)n3cc(CCO)nn3)CC2)nc(N2CCN(C(=O)[C@H](C)n3cc(CCCN=C(N)N)nn3)CC2)n1. The average molecular weight is 852 g/mol. The van der Waals surface area contributed by atoms with Gasteiger partial charge in [0.05, 0.1) is 44.4 Å². The number of nitrogens with one attached hydrogen (secondary N) is 1. The Morgan fingerprint density at radius 1 is 0.803 bits per heavy atom. The van der Waals surface area contributed by atoms with Crippen molar-refractivity contribution in [2.45, 2.75) is 52.1 Å². The lowest BCUT2D eigenvalue weighted by Gasteiger charge is -2.38. The molecule has 2 aliphatic rings. The Morgan fingerprint density at radius 2 is 1.36 bits per heavy atom. The average Bonchev–Trinajstić information content (AvgIpc) is 3.94. The van der Waals surface area contributed by atoms with Crippen molar-refractivity contribution < 1.29 is 28.9 Å². The molecular formula is C38H61N17O6. The molecule has 0 bridgehead atoms.